The second-order valence-electron chi connectivity index (χ2n) is 8.79. The number of para-hydroxylation sites is 2. The van der Waals surface area contributed by atoms with E-state index in [0.29, 0.717) is 53.9 Å². The van der Waals surface area contributed by atoms with Crippen molar-refractivity contribution in [1.29, 1.82) is 0 Å². The van der Waals surface area contributed by atoms with Gasteiger partial charge < -0.3 is 10.2 Å². The lowest BCUT2D eigenvalue weighted by atomic mass is 9.95. The molecule has 1 N–H and O–H groups in total. The fraction of sp³-hybridized carbons (Fsp3) is 0.214. The van der Waals surface area contributed by atoms with Crippen LogP contribution in [0.1, 0.15) is 29.0 Å². The summed E-state index contributed by atoms with van der Waals surface area (Å²) in [5.41, 5.74) is 2.54. The molecule has 0 saturated carbocycles. The molecule has 2 amide bonds. The number of aromatic nitrogens is 2. The first-order valence-corrected chi connectivity index (χ1v) is 11.8. The molecule has 0 spiro atoms. The number of aryl methyl sites for hydroxylation is 1. The summed E-state index contributed by atoms with van der Waals surface area (Å²) >= 11 is 0. The molecule has 3 aromatic carbocycles. The van der Waals surface area contributed by atoms with Gasteiger partial charge in [0.2, 0.25) is 5.91 Å². The van der Waals surface area contributed by atoms with Gasteiger partial charge in [0.05, 0.1) is 16.6 Å². The molecule has 4 aromatic rings. The van der Waals surface area contributed by atoms with E-state index >= 15 is 0 Å². The Morgan fingerprint density at radius 3 is 2.26 bits per heavy atom. The normalized spacial score (nSPS) is 14.1. The van der Waals surface area contributed by atoms with Crippen molar-refractivity contribution in [3.05, 3.63) is 101 Å². The molecule has 7 heteroatoms. The van der Waals surface area contributed by atoms with Crippen LogP contribution in [-0.4, -0.2) is 39.4 Å². The van der Waals surface area contributed by atoms with Crippen LogP contribution in [0.4, 0.5) is 5.69 Å². The summed E-state index contributed by atoms with van der Waals surface area (Å²) in [6, 6.07) is 23.7. The Balaban J connectivity index is 1.26. The molecule has 0 radical (unpaired) electrons. The van der Waals surface area contributed by atoms with E-state index in [4.69, 9.17) is 0 Å². The van der Waals surface area contributed by atoms with Crippen LogP contribution >= 0.6 is 0 Å². The van der Waals surface area contributed by atoms with Crippen LogP contribution in [0.15, 0.2) is 83.7 Å². The molecule has 0 unspecified atom stereocenters. The Hall–Kier alpha value is -4.26. The minimum absolute atomic E-state index is 0.00235. The van der Waals surface area contributed by atoms with Crippen molar-refractivity contribution in [1.82, 2.24) is 14.5 Å². The van der Waals surface area contributed by atoms with Gasteiger partial charge in [-0.2, -0.15) is 0 Å². The monoisotopic (exact) mass is 466 g/mol. The number of amides is 2. The van der Waals surface area contributed by atoms with Crippen molar-refractivity contribution in [3.8, 4) is 5.69 Å². The predicted octanol–water partition coefficient (Wildman–Crippen LogP) is 4.19. The fourth-order valence-electron chi connectivity index (χ4n) is 4.59. The number of carbonyl (C=O) groups is 2. The van der Waals surface area contributed by atoms with E-state index in [1.807, 2.05) is 48.5 Å². The van der Waals surface area contributed by atoms with Crippen LogP contribution in [0.5, 0.6) is 0 Å². The molecule has 7 nitrogen and oxygen atoms in total. The third-order valence-corrected chi connectivity index (χ3v) is 6.51. The lowest BCUT2D eigenvalue weighted by Crippen LogP contribution is -2.41. The SMILES string of the molecule is Cc1nc2ccccc2c(=O)n1-c1ccc(C(=O)N2CCC(C(=O)Nc3ccccc3)CC2)cc1. The van der Waals surface area contributed by atoms with E-state index in [2.05, 4.69) is 10.3 Å². The van der Waals surface area contributed by atoms with Crippen LogP contribution in [0, 0.1) is 12.8 Å². The molecule has 1 aromatic heterocycles. The summed E-state index contributed by atoms with van der Waals surface area (Å²) in [5, 5.41) is 3.51. The van der Waals surface area contributed by atoms with Gasteiger partial charge in [-0.25, -0.2) is 4.98 Å². The zero-order valence-electron chi connectivity index (χ0n) is 19.5. The first kappa shape index (κ1) is 22.5. The second-order valence-corrected chi connectivity index (χ2v) is 8.79. The maximum absolute atomic E-state index is 13.1. The lowest BCUT2D eigenvalue weighted by molar-refractivity contribution is -0.121. The highest BCUT2D eigenvalue weighted by Gasteiger charge is 2.28. The van der Waals surface area contributed by atoms with Crippen LogP contribution in [-0.2, 0) is 4.79 Å². The topological polar surface area (TPSA) is 84.3 Å². The standard InChI is InChI=1S/C28H26N4O3/c1-19-29-25-10-6-5-9-24(25)28(35)32(19)23-13-11-21(12-14-23)27(34)31-17-15-20(16-18-31)26(33)30-22-7-3-2-4-8-22/h2-14,20H,15-18H2,1H3,(H,30,33). The van der Waals surface area contributed by atoms with Crippen molar-refractivity contribution in [2.75, 3.05) is 18.4 Å². The smallest absolute Gasteiger partial charge is 0.265 e. The summed E-state index contributed by atoms with van der Waals surface area (Å²) in [4.78, 5) is 45.0. The van der Waals surface area contributed by atoms with Crippen LogP contribution in [0.3, 0.4) is 0 Å². The largest absolute Gasteiger partial charge is 0.339 e. The zero-order valence-corrected chi connectivity index (χ0v) is 19.5. The van der Waals surface area contributed by atoms with E-state index in [0.717, 1.165) is 5.69 Å². The number of nitrogens with zero attached hydrogens (tertiary/aromatic N) is 3. The average Bonchev–Trinajstić information content (AvgIpc) is 2.89. The molecule has 0 bridgehead atoms. The Labute approximate surface area is 203 Å². The van der Waals surface area contributed by atoms with Gasteiger partial charge in [0, 0.05) is 30.3 Å². The maximum atomic E-state index is 13.1. The van der Waals surface area contributed by atoms with Crippen molar-refractivity contribution in [3.63, 3.8) is 0 Å². The van der Waals surface area contributed by atoms with Crippen LogP contribution in [0.25, 0.3) is 16.6 Å². The Morgan fingerprint density at radius 2 is 1.54 bits per heavy atom. The number of anilines is 1. The Kier molecular flexibility index (Phi) is 6.14. The van der Waals surface area contributed by atoms with E-state index in [9.17, 15) is 14.4 Å². The molecule has 1 saturated heterocycles. The van der Waals surface area contributed by atoms with E-state index in [1.54, 1.807) is 46.7 Å². The fourth-order valence-corrected chi connectivity index (χ4v) is 4.59. The lowest BCUT2D eigenvalue weighted by Gasteiger charge is -2.31. The second kappa shape index (κ2) is 9.54. The van der Waals surface area contributed by atoms with Gasteiger partial charge in [0.1, 0.15) is 5.82 Å². The highest BCUT2D eigenvalue weighted by Crippen LogP contribution is 2.22. The summed E-state index contributed by atoms with van der Waals surface area (Å²) < 4.78 is 1.56. The third-order valence-electron chi connectivity index (χ3n) is 6.51. The molecule has 0 atom stereocenters. The number of piperidine rings is 1. The number of benzene rings is 3. The highest BCUT2D eigenvalue weighted by molar-refractivity contribution is 5.95. The highest BCUT2D eigenvalue weighted by atomic mass is 16.2. The van der Waals surface area contributed by atoms with Crippen molar-refractivity contribution in [2.24, 2.45) is 5.92 Å². The van der Waals surface area contributed by atoms with Gasteiger partial charge in [-0.15, -0.1) is 0 Å². The molecule has 5 rings (SSSR count). The van der Waals surface area contributed by atoms with Crippen molar-refractivity contribution < 1.29 is 9.59 Å². The molecular weight excluding hydrogens is 440 g/mol. The molecular formula is C28H26N4O3. The number of hydrogen-bond donors (Lipinski definition) is 1. The van der Waals surface area contributed by atoms with E-state index in [-0.39, 0.29) is 23.3 Å². The minimum Gasteiger partial charge on any atom is -0.339 e. The number of carbonyl (C=O) groups excluding carboxylic acids is 2. The number of likely N-dealkylation sites (tertiary alicyclic amines) is 1. The van der Waals surface area contributed by atoms with Gasteiger partial charge in [0.15, 0.2) is 0 Å². The summed E-state index contributed by atoms with van der Waals surface area (Å²) in [7, 11) is 0. The minimum atomic E-state index is -0.136. The zero-order chi connectivity index (χ0) is 24.4. The van der Waals surface area contributed by atoms with E-state index in [1.165, 1.54) is 0 Å². The molecule has 1 aliphatic rings. The molecule has 1 fully saturated rings. The quantitative estimate of drug-likeness (QED) is 0.489. The average molecular weight is 467 g/mol. The summed E-state index contributed by atoms with van der Waals surface area (Å²) in [6.07, 6.45) is 1.25. The van der Waals surface area contributed by atoms with Gasteiger partial charge >= 0.3 is 0 Å². The van der Waals surface area contributed by atoms with Crippen molar-refractivity contribution in [2.45, 2.75) is 19.8 Å². The first-order chi connectivity index (χ1) is 17.0. The number of hydrogen-bond acceptors (Lipinski definition) is 4. The molecule has 176 valence electrons. The van der Waals surface area contributed by atoms with Gasteiger partial charge in [-0.3, -0.25) is 19.0 Å². The maximum Gasteiger partial charge on any atom is 0.265 e. The number of fused-ring (bicyclic) bond motifs is 1. The van der Waals surface area contributed by atoms with Crippen LogP contribution in [0.2, 0.25) is 0 Å². The molecule has 1 aliphatic heterocycles. The number of rotatable bonds is 4. The Bertz CT molecular complexity index is 1440. The van der Waals surface area contributed by atoms with E-state index < -0.39 is 0 Å². The molecule has 0 aliphatic carbocycles. The third kappa shape index (κ3) is 4.57. The molecule has 2 heterocycles. The van der Waals surface area contributed by atoms with Gasteiger partial charge in [0.25, 0.3) is 11.5 Å². The van der Waals surface area contributed by atoms with Gasteiger partial charge in [-0.05, 0) is 68.3 Å². The summed E-state index contributed by atoms with van der Waals surface area (Å²) in [5.74, 6) is 0.400. The summed E-state index contributed by atoms with van der Waals surface area (Å²) in [6.45, 7) is 2.85. The predicted molar refractivity (Wildman–Crippen MR) is 136 cm³/mol. The first-order valence-electron chi connectivity index (χ1n) is 11.8. The van der Waals surface area contributed by atoms with Crippen molar-refractivity contribution >= 4 is 28.4 Å². The van der Waals surface area contributed by atoms with Gasteiger partial charge in [-0.1, -0.05) is 30.3 Å². The number of nitrogens with one attached hydrogen (secondary N) is 1. The van der Waals surface area contributed by atoms with Crippen LogP contribution < -0.4 is 10.9 Å². The Morgan fingerprint density at radius 1 is 0.886 bits per heavy atom. The molecule has 35 heavy (non-hydrogen) atoms.